The zero-order chi connectivity index (χ0) is 11.3. The summed E-state index contributed by atoms with van der Waals surface area (Å²) in [7, 11) is 4.45. The average Bonchev–Trinajstić information content (AvgIpc) is 2.21. The van der Waals surface area contributed by atoms with Gasteiger partial charge in [-0.2, -0.15) is 0 Å². The molecule has 0 aromatic carbocycles. The van der Waals surface area contributed by atoms with Crippen molar-refractivity contribution in [3.8, 4) is 0 Å². The molecule has 1 saturated heterocycles. The van der Waals surface area contributed by atoms with Gasteiger partial charge in [0.25, 0.3) is 0 Å². The van der Waals surface area contributed by atoms with Crippen LogP contribution in [0.3, 0.4) is 0 Å². The Morgan fingerprint density at radius 1 is 1.40 bits per heavy atom. The van der Waals surface area contributed by atoms with Gasteiger partial charge in [-0.3, -0.25) is 0 Å². The van der Waals surface area contributed by atoms with Gasteiger partial charge in [-0.15, -0.1) is 0 Å². The lowest BCUT2D eigenvalue weighted by atomic mass is 9.96. The normalized spacial score (nSPS) is 22.2. The highest BCUT2D eigenvalue weighted by molar-refractivity contribution is 4.73. The minimum absolute atomic E-state index is 0.626. The molecule has 0 radical (unpaired) electrons. The number of rotatable bonds is 5. The van der Waals surface area contributed by atoms with Crippen LogP contribution in [0.2, 0.25) is 0 Å². The van der Waals surface area contributed by atoms with Crippen molar-refractivity contribution < 1.29 is 0 Å². The van der Waals surface area contributed by atoms with Crippen LogP contribution in [0.1, 0.15) is 19.8 Å². The van der Waals surface area contributed by atoms with Gasteiger partial charge in [0.2, 0.25) is 0 Å². The minimum atomic E-state index is 0.626. The standard InChI is InChI=1S/C12H27N3/c1-11(8-13)9-15(3)10-12-4-6-14(2)7-5-12/h11-12H,4-10,13H2,1-3H3. The average molecular weight is 213 g/mol. The van der Waals surface area contributed by atoms with Crippen LogP contribution in [0, 0.1) is 11.8 Å². The fraction of sp³-hybridized carbons (Fsp3) is 1.00. The van der Waals surface area contributed by atoms with Crippen molar-refractivity contribution in [2.45, 2.75) is 19.8 Å². The van der Waals surface area contributed by atoms with Crippen molar-refractivity contribution >= 4 is 0 Å². The summed E-state index contributed by atoms with van der Waals surface area (Å²) >= 11 is 0. The monoisotopic (exact) mass is 213 g/mol. The number of likely N-dealkylation sites (tertiary alicyclic amines) is 1. The van der Waals surface area contributed by atoms with Crippen LogP contribution in [-0.4, -0.2) is 56.6 Å². The molecule has 0 amide bonds. The predicted molar refractivity (Wildman–Crippen MR) is 65.9 cm³/mol. The molecule has 15 heavy (non-hydrogen) atoms. The molecule has 3 nitrogen and oxygen atoms in total. The van der Waals surface area contributed by atoms with E-state index < -0.39 is 0 Å². The number of nitrogens with two attached hydrogens (primary N) is 1. The number of nitrogens with zero attached hydrogens (tertiary/aromatic N) is 2. The van der Waals surface area contributed by atoms with Gasteiger partial charge in [-0.05, 0) is 58.4 Å². The van der Waals surface area contributed by atoms with Gasteiger partial charge in [-0.25, -0.2) is 0 Å². The van der Waals surface area contributed by atoms with E-state index in [9.17, 15) is 0 Å². The Morgan fingerprint density at radius 2 is 2.00 bits per heavy atom. The maximum Gasteiger partial charge on any atom is 0.00161 e. The second-order valence-electron chi connectivity index (χ2n) is 5.31. The molecule has 0 spiro atoms. The summed E-state index contributed by atoms with van der Waals surface area (Å²) < 4.78 is 0. The molecule has 1 aliphatic heterocycles. The second kappa shape index (κ2) is 6.46. The van der Waals surface area contributed by atoms with Crippen molar-refractivity contribution in [3.05, 3.63) is 0 Å². The molecule has 2 N–H and O–H groups in total. The van der Waals surface area contributed by atoms with Crippen molar-refractivity contribution in [2.24, 2.45) is 17.6 Å². The first-order chi connectivity index (χ1) is 7.11. The van der Waals surface area contributed by atoms with E-state index in [2.05, 4.69) is 30.8 Å². The summed E-state index contributed by atoms with van der Waals surface area (Å²) in [6.07, 6.45) is 2.72. The van der Waals surface area contributed by atoms with Crippen LogP contribution in [-0.2, 0) is 0 Å². The third-order valence-corrected chi connectivity index (χ3v) is 3.43. The van der Waals surface area contributed by atoms with E-state index in [1.165, 1.54) is 32.5 Å². The Bertz CT molecular complexity index is 164. The van der Waals surface area contributed by atoms with Crippen LogP contribution in [0.15, 0.2) is 0 Å². The molecule has 1 heterocycles. The number of hydrogen-bond acceptors (Lipinski definition) is 3. The number of piperidine rings is 1. The Morgan fingerprint density at radius 3 is 2.53 bits per heavy atom. The van der Waals surface area contributed by atoms with E-state index in [1.807, 2.05) is 0 Å². The predicted octanol–water partition coefficient (Wildman–Crippen LogP) is 0.855. The molecule has 1 aliphatic rings. The molecule has 1 atom stereocenters. The first-order valence-electron chi connectivity index (χ1n) is 6.19. The highest BCUT2D eigenvalue weighted by Crippen LogP contribution is 2.16. The van der Waals surface area contributed by atoms with Crippen molar-refractivity contribution in [1.82, 2.24) is 9.80 Å². The Kier molecular flexibility index (Phi) is 5.58. The van der Waals surface area contributed by atoms with Crippen molar-refractivity contribution in [1.29, 1.82) is 0 Å². The quantitative estimate of drug-likeness (QED) is 0.735. The highest BCUT2D eigenvalue weighted by Gasteiger charge is 2.18. The maximum atomic E-state index is 5.64. The molecule has 0 aliphatic carbocycles. The fourth-order valence-electron chi connectivity index (χ4n) is 2.37. The van der Waals surface area contributed by atoms with E-state index in [-0.39, 0.29) is 0 Å². The van der Waals surface area contributed by atoms with Crippen LogP contribution in [0.25, 0.3) is 0 Å². The lowest BCUT2D eigenvalue weighted by Gasteiger charge is -2.32. The highest BCUT2D eigenvalue weighted by atomic mass is 15.1. The molecule has 3 heteroatoms. The molecular weight excluding hydrogens is 186 g/mol. The van der Waals surface area contributed by atoms with E-state index in [0.717, 1.165) is 19.0 Å². The second-order valence-corrected chi connectivity index (χ2v) is 5.31. The molecular formula is C12H27N3. The summed E-state index contributed by atoms with van der Waals surface area (Å²) in [5.41, 5.74) is 5.64. The molecule has 1 fully saturated rings. The molecule has 0 aromatic rings. The summed E-state index contributed by atoms with van der Waals surface area (Å²) in [4.78, 5) is 4.88. The lowest BCUT2D eigenvalue weighted by molar-refractivity contribution is 0.168. The topological polar surface area (TPSA) is 32.5 Å². The third kappa shape index (κ3) is 4.96. The molecule has 90 valence electrons. The van der Waals surface area contributed by atoms with E-state index in [1.54, 1.807) is 0 Å². The zero-order valence-electron chi connectivity index (χ0n) is 10.6. The first-order valence-corrected chi connectivity index (χ1v) is 6.19. The van der Waals surface area contributed by atoms with Gasteiger partial charge in [0.15, 0.2) is 0 Å². The summed E-state index contributed by atoms with van der Waals surface area (Å²) in [5, 5.41) is 0. The van der Waals surface area contributed by atoms with Gasteiger partial charge in [0.05, 0.1) is 0 Å². The minimum Gasteiger partial charge on any atom is -0.330 e. The van der Waals surface area contributed by atoms with E-state index >= 15 is 0 Å². The molecule has 0 aromatic heterocycles. The van der Waals surface area contributed by atoms with Gasteiger partial charge in [0, 0.05) is 13.1 Å². The molecule has 1 rings (SSSR count). The third-order valence-electron chi connectivity index (χ3n) is 3.43. The van der Waals surface area contributed by atoms with Crippen LogP contribution < -0.4 is 5.73 Å². The zero-order valence-corrected chi connectivity index (χ0v) is 10.6. The van der Waals surface area contributed by atoms with Crippen LogP contribution in [0.4, 0.5) is 0 Å². The smallest absolute Gasteiger partial charge is 0.00161 e. The van der Waals surface area contributed by atoms with E-state index in [4.69, 9.17) is 5.73 Å². The van der Waals surface area contributed by atoms with Gasteiger partial charge in [0.1, 0.15) is 0 Å². The fourth-order valence-corrected chi connectivity index (χ4v) is 2.37. The van der Waals surface area contributed by atoms with Gasteiger partial charge in [-0.1, -0.05) is 6.92 Å². The Hall–Kier alpha value is -0.120. The Labute approximate surface area is 94.6 Å². The lowest BCUT2D eigenvalue weighted by Crippen LogP contribution is -2.37. The molecule has 1 unspecified atom stereocenters. The first kappa shape index (κ1) is 12.9. The van der Waals surface area contributed by atoms with Crippen molar-refractivity contribution in [3.63, 3.8) is 0 Å². The SMILES string of the molecule is CC(CN)CN(C)CC1CCN(C)CC1. The van der Waals surface area contributed by atoms with E-state index in [0.29, 0.717) is 5.92 Å². The Balaban J connectivity index is 2.17. The van der Waals surface area contributed by atoms with Crippen molar-refractivity contribution in [2.75, 3.05) is 46.8 Å². The summed E-state index contributed by atoms with van der Waals surface area (Å²) in [6.45, 7) is 7.96. The van der Waals surface area contributed by atoms with Gasteiger partial charge < -0.3 is 15.5 Å². The summed E-state index contributed by atoms with van der Waals surface area (Å²) in [6, 6.07) is 0. The van der Waals surface area contributed by atoms with Gasteiger partial charge >= 0.3 is 0 Å². The maximum absolute atomic E-state index is 5.64. The summed E-state index contributed by atoms with van der Waals surface area (Å²) in [5.74, 6) is 1.53. The largest absolute Gasteiger partial charge is 0.330 e. The van der Waals surface area contributed by atoms with Crippen LogP contribution in [0.5, 0.6) is 0 Å². The molecule has 0 saturated carbocycles. The van der Waals surface area contributed by atoms with Crippen LogP contribution >= 0.6 is 0 Å². The molecule has 0 bridgehead atoms. The number of hydrogen-bond donors (Lipinski definition) is 1.